The highest BCUT2D eigenvalue weighted by atomic mass is 35.5. The smallest absolute Gasteiger partial charge is 0.239 e. The van der Waals surface area contributed by atoms with Gasteiger partial charge in [0.15, 0.2) is 5.96 Å². The van der Waals surface area contributed by atoms with Gasteiger partial charge >= 0.3 is 0 Å². The lowest BCUT2D eigenvalue weighted by atomic mass is 9.95. The van der Waals surface area contributed by atoms with Gasteiger partial charge in [-0.25, -0.2) is 0 Å². The molecule has 1 aliphatic carbocycles. The molecule has 0 heterocycles. The number of amides is 1. The second-order valence-corrected chi connectivity index (χ2v) is 6.24. The predicted molar refractivity (Wildman–Crippen MR) is 94.7 cm³/mol. The fraction of sp³-hybridized carbons (Fsp3) is 0.529. The molecule has 1 fully saturated rings. The molecule has 0 unspecified atom stereocenters. The second kappa shape index (κ2) is 9.40. The van der Waals surface area contributed by atoms with Crippen molar-refractivity contribution in [3.63, 3.8) is 0 Å². The van der Waals surface area contributed by atoms with Crippen LogP contribution in [0, 0.1) is 0 Å². The summed E-state index contributed by atoms with van der Waals surface area (Å²) >= 11 is 5.87. The molecule has 0 spiro atoms. The zero-order valence-electron chi connectivity index (χ0n) is 13.6. The maximum Gasteiger partial charge on any atom is 0.239 e. The van der Waals surface area contributed by atoms with Crippen molar-refractivity contribution in [2.45, 2.75) is 44.7 Å². The monoisotopic (exact) mass is 336 g/mol. The van der Waals surface area contributed by atoms with Crippen LogP contribution in [0.1, 0.15) is 37.7 Å². The van der Waals surface area contributed by atoms with Crippen molar-refractivity contribution in [1.82, 2.24) is 16.0 Å². The minimum absolute atomic E-state index is 0.0198. The molecule has 23 heavy (non-hydrogen) atoms. The molecule has 0 atom stereocenters. The minimum Gasteiger partial charge on any atom is -0.352 e. The first-order valence-electron chi connectivity index (χ1n) is 8.15. The van der Waals surface area contributed by atoms with Crippen molar-refractivity contribution in [2.75, 3.05) is 13.6 Å². The Labute approximate surface area is 142 Å². The van der Waals surface area contributed by atoms with E-state index in [4.69, 9.17) is 11.6 Å². The molecule has 1 amide bonds. The van der Waals surface area contributed by atoms with Gasteiger partial charge in [0.05, 0.1) is 6.54 Å². The van der Waals surface area contributed by atoms with Gasteiger partial charge in [0.2, 0.25) is 5.91 Å². The van der Waals surface area contributed by atoms with Crippen LogP contribution >= 0.6 is 11.6 Å². The number of nitrogens with one attached hydrogen (secondary N) is 3. The van der Waals surface area contributed by atoms with E-state index in [1.165, 1.54) is 19.3 Å². The summed E-state index contributed by atoms with van der Waals surface area (Å²) in [7, 11) is 1.69. The predicted octanol–water partition coefficient (Wildman–Crippen LogP) is 2.45. The zero-order valence-corrected chi connectivity index (χ0v) is 14.3. The van der Waals surface area contributed by atoms with Gasteiger partial charge in [-0.1, -0.05) is 43.0 Å². The summed E-state index contributed by atoms with van der Waals surface area (Å²) in [6.07, 6.45) is 5.89. The van der Waals surface area contributed by atoms with E-state index in [0.29, 0.717) is 18.5 Å². The largest absolute Gasteiger partial charge is 0.352 e. The molecule has 0 bridgehead atoms. The van der Waals surface area contributed by atoms with E-state index in [1.807, 2.05) is 24.3 Å². The van der Waals surface area contributed by atoms with Gasteiger partial charge in [0.1, 0.15) is 0 Å². The number of rotatable bonds is 5. The lowest BCUT2D eigenvalue weighted by Crippen LogP contribution is -2.45. The first-order chi connectivity index (χ1) is 11.2. The topological polar surface area (TPSA) is 65.5 Å². The number of aliphatic imine (C=N–C) groups is 1. The molecule has 1 aromatic rings. The zero-order chi connectivity index (χ0) is 16.5. The summed E-state index contributed by atoms with van der Waals surface area (Å²) in [6, 6.07) is 7.96. The molecular weight excluding hydrogens is 312 g/mol. The third-order valence-electron chi connectivity index (χ3n) is 3.98. The number of halogens is 1. The molecule has 126 valence electrons. The van der Waals surface area contributed by atoms with Gasteiger partial charge in [0, 0.05) is 24.7 Å². The van der Waals surface area contributed by atoms with Crippen LogP contribution in [0.5, 0.6) is 0 Å². The Morgan fingerprint density at radius 3 is 2.52 bits per heavy atom. The number of benzene rings is 1. The molecule has 0 aromatic heterocycles. The Bertz CT molecular complexity index is 524. The van der Waals surface area contributed by atoms with Crippen LogP contribution < -0.4 is 16.0 Å². The van der Waals surface area contributed by atoms with Gasteiger partial charge in [-0.05, 0) is 30.5 Å². The highest BCUT2D eigenvalue weighted by Crippen LogP contribution is 2.17. The van der Waals surface area contributed by atoms with Crippen LogP contribution in [0.15, 0.2) is 29.3 Å². The van der Waals surface area contributed by atoms with Crippen molar-refractivity contribution in [1.29, 1.82) is 0 Å². The van der Waals surface area contributed by atoms with Crippen molar-refractivity contribution in [3.8, 4) is 0 Å². The standard InChI is InChI=1S/C17H25ClN4O/c1-19-17(20-11-13-7-9-14(18)10-8-13)21-12-16(23)22-15-5-3-2-4-6-15/h7-10,15H,2-6,11-12H2,1H3,(H,22,23)(H2,19,20,21). The Kier molecular flexibility index (Phi) is 7.20. The van der Waals surface area contributed by atoms with Gasteiger partial charge in [0.25, 0.3) is 0 Å². The Hall–Kier alpha value is -1.75. The van der Waals surface area contributed by atoms with Crippen LogP contribution in [-0.4, -0.2) is 31.5 Å². The first kappa shape index (κ1) is 17.6. The molecule has 5 nitrogen and oxygen atoms in total. The summed E-state index contributed by atoms with van der Waals surface area (Å²) in [4.78, 5) is 16.1. The average Bonchev–Trinajstić information content (AvgIpc) is 2.57. The van der Waals surface area contributed by atoms with Crippen LogP contribution in [0.4, 0.5) is 0 Å². The van der Waals surface area contributed by atoms with E-state index in [2.05, 4.69) is 20.9 Å². The maximum absolute atomic E-state index is 12.0. The van der Waals surface area contributed by atoms with Gasteiger partial charge in [-0.15, -0.1) is 0 Å². The number of guanidine groups is 1. The summed E-state index contributed by atoms with van der Waals surface area (Å²) in [6.45, 7) is 0.859. The number of carbonyl (C=O) groups is 1. The van der Waals surface area contributed by atoms with E-state index < -0.39 is 0 Å². The van der Waals surface area contributed by atoms with E-state index in [0.717, 1.165) is 23.4 Å². The summed E-state index contributed by atoms with van der Waals surface area (Å²) < 4.78 is 0. The number of hydrogen-bond acceptors (Lipinski definition) is 2. The van der Waals surface area contributed by atoms with Crippen LogP contribution in [0.25, 0.3) is 0 Å². The number of carbonyl (C=O) groups excluding carboxylic acids is 1. The van der Waals surface area contributed by atoms with E-state index in [1.54, 1.807) is 7.05 Å². The third-order valence-corrected chi connectivity index (χ3v) is 4.24. The summed E-state index contributed by atoms with van der Waals surface area (Å²) in [5, 5.41) is 10.0. The van der Waals surface area contributed by atoms with Gasteiger partial charge in [-0.3, -0.25) is 9.79 Å². The van der Waals surface area contributed by atoms with Crippen LogP contribution in [-0.2, 0) is 11.3 Å². The molecule has 1 aromatic carbocycles. The van der Waals surface area contributed by atoms with E-state index in [-0.39, 0.29) is 12.5 Å². The van der Waals surface area contributed by atoms with Crippen molar-refractivity contribution in [2.24, 2.45) is 4.99 Å². The fourth-order valence-electron chi connectivity index (χ4n) is 2.70. The van der Waals surface area contributed by atoms with Crippen LogP contribution in [0.3, 0.4) is 0 Å². The Morgan fingerprint density at radius 2 is 1.87 bits per heavy atom. The second-order valence-electron chi connectivity index (χ2n) is 5.81. The highest BCUT2D eigenvalue weighted by molar-refractivity contribution is 6.30. The number of nitrogens with zero attached hydrogens (tertiary/aromatic N) is 1. The van der Waals surface area contributed by atoms with Crippen LogP contribution in [0.2, 0.25) is 5.02 Å². The molecule has 0 aliphatic heterocycles. The molecule has 2 rings (SSSR count). The molecule has 0 radical (unpaired) electrons. The lowest BCUT2D eigenvalue weighted by Gasteiger charge is -2.23. The van der Waals surface area contributed by atoms with Crippen molar-refractivity contribution >= 4 is 23.5 Å². The molecule has 6 heteroatoms. The summed E-state index contributed by atoms with van der Waals surface area (Å²) in [5.41, 5.74) is 1.10. The van der Waals surface area contributed by atoms with Crippen molar-refractivity contribution < 1.29 is 4.79 Å². The van der Waals surface area contributed by atoms with Crippen molar-refractivity contribution in [3.05, 3.63) is 34.9 Å². The minimum atomic E-state index is 0.0198. The summed E-state index contributed by atoms with van der Waals surface area (Å²) in [5.74, 6) is 0.630. The SMILES string of the molecule is CN=C(NCC(=O)NC1CCCCC1)NCc1ccc(Cl)cc1. The quantitative estimate of drug-likeness (QED) is 0.571. The fourth-order valence-corrected chi connectivity index (χ4v) is 2.82. The van der Waals surface area contributed by atoms with E-state index in [9.17, 15) is 4.79 Å². The molecule has 0 saturated heterocycles. The normalized spacial score (nSPS) is 16.0. The molecule has 3 N–H and O–H groups in total. The van der Waals surface area contributed by atoms with Gasteiger partial charge < -0.3 is 16.0 Å². The van der Waals surface area contributed by atoms with E-state index >= 15 is 0 Å². The lowest BCUT2D eigenvalue weighted by molar-refractivity contribution is -0.120. The van der Waals surface area contributed by atoms with Gasteiger partial charge in [-0.2, -0.15) is 0 Å². The molecule has 1 saturated carbocycles. The number of hydrogen-bond donors (Lipinski definition) is 3. The highest BCUT2D eigenvalue weighted by Gasteiger charge is 2.15. The molecule has 1 aliphatic rings. The Balaban J connectivity index is 1.69. The third kappa shape index (κ3) is 6.48. The first-order valence-corrected chi connectivity index (χ1v) is 8.53. The molecular formula is C17H25ClN4O. The maximum atomic E-state index is 12.0. The Morgan fingerprint density at radius 1 is 1.17 bits per heavy atom. The average molecular weight is 337 g/mol.